The Labute approximate surface area is 89.5 Å². The van der Waals surface area contributed by atoms with Crippen LogP contribution in [-0.4, -0.2) is 6.54 Å². The van der Waals surface area contributed by atoms with E-state index in [1.54, 1.807) is 0 Å². The molecule has 1 rings (SSSR count). The van der Waals surface area contributed by atoms with E-state index in [4.69, 9.17) is 16.9 Å². The summed E-state index contributed by atoms with van der Waals surface area (Å²) in [6.07, 6.45) is 0.540. The molecule has 0 spiro atoms. The molecular weight excluding hydrogens is 196 g/mol. The van der Waals surface area contributed by atoms with Gasteiger partial charge in [-0.2, -0.15) is 5.26 Å². The SMILES string of the molecule is CC(NCCC#N)c1ccc(Cl)cc1. The minimum absolute atomic E-state index is 0.264. The summed E-state index contributed by atoms with van der Waals surface area (Å²) in [6.45, 7) is 2.79. The first-order chi connectivity index (χ1) is 6.74. The third kappa shape index (κ3) is 3.37. The monoisotopic (exact) mass is 208 g/mol. The first kappa shape index (κ1) is 11.0. The van der Waals surface area contributed by atoms with Gasteiger partial charge in [0, 0.05) is 24.0 Å². The average Bonchev–Trinajstić information content (AvgIpc) is 2.19. The molecule has 14 heavy (non-hydrogen) atoms. The van der Waals surface area contributed by atoms with Gasteiger partial charge in [0.05, 0.1) is 6.07 Å². The zero-order chi connectivity index (χ0) is 10.4. The maximum absolute atomic E-state index is 8.38. The standard InChI is InChI=1S/C11H13ClN2/c1-9(14-8-2-7-13)10-3-5-11(12)6-4-10/h3-6,9,14H,2,8H2,1H3. The highest BCUT2D eigenvalue weighted by molar-refractivity contribution is 6.30. The van der Waals surface area contributed by atoms with Crippen LogP contribution in [0.5, 0.6) is 0 Å². The number of nitrogens with zero attached hydrogens (tertiary/aromatic N) is 1. The predicted octanol–water partition coefficient (Wildman–Crippen LogP) is 2.90. The molecule has 0 radical (unpaired) electrons. The van der Waals surface area contributed by atoms with Crippen molar-refractivity contribution in [2.75, 3.05) is 6.54 Å². The molecule has 0 saturated carbocycles. The first-order valence-electron chi connectivity index (χ1n) is 4.60. The van der Waals surface area contributed by atoms with E-state index < -0.39 is 0 Å². The molecule has 0 amide bonds. The molecule has 0 saturated heterocycles. The molecule has 1 N–H and O–H groups in total. The highest BCUT2D eigenvalue weighted by Gasteiger charge is 2.02. The summed E-state index contributed by atoms with van der Waals surface area (Å²) < 4.78 is 0. The average molecular weight is 209 g/mol. The summed E-state index contributed by atoms with van der Waals surface area (Å²) in [5, 5.41) is 12.4. The van der Waals surface area contributed by atoms with Gasteiger partial charge in [-0.1, -0.05) is 23.7 Å². The van der Waals surface area contributed by atoms with Gasteiger partial charge in [-0.15, -0.1) is 0 Å². The zero-order valence-corrected chi connectivity index (χ0v) is 8.88. The maximum atomic E-state index is 8.38. The lowest BCUT2D eigenvalue weighted by atomic mass is 10.1. The Bertz CT molecular complexity index is 313. The number of halogens is 1. The lowest BCUT2D eigenvalue weighted by molar-refractivity contribution is 0.583. The smallest absolute Gasteiger partial charge is 0.0635 e. The number of nitriles is 1. The van der Waals surface area contributed by atoms with Crippen LogP contribution in [0.3, 0.4) is 0 Å². The molecule has 3 heteroatoms. The second-order valence-electron chi connectivity index (χ2n) is 3.14. The number of hydrogen-bond acceptors (Lipinski definition) is 2. The van der Waals surface area contributed by atoms with E-state index >= 15 is 0 Å². The molecule has 0 fully saturated rings. The molecule has 1 aromatic carbocycles. The summed E-state index contributed by atoms with van der Waals surface area (Å²) >= 11 is 5.78. The largest absolute Gasteiger partial charge is 0.309 e. The van der Waals surface area contributed by atoms with Gasteiger partial charge in [0.25, 0.3) is 0 Å². The summed E-state index contributed by atoms with van der Waals surface area (Å²) in [4.78, 5) is 0. The van der Waals surface area contributed by atoms with Gasteiger partial charge < -0.3 is 5.32 Å². The van der Waals surface area contributed by atoms with Gasteiger partial charge in [0.15, 0.2) is 0 Å². The molecule has 0 aliphatic heterocycles. The number of nitrogens with one attached hydrogen (secondary N) is 1. The molecule has 1 aromatic rings. The minimum Gasteiger partial charge on any atom is -0.309 e. The van der Waals surface area contributed by atoms with Crippen molar-refractivity contribution >= 4 is 11.6 Å². The lowest BCUT2D eigenvalue weighted by Crippen LogP contribution is -2.19. The summed E-state index contributed by atoms with van der Waals surface area (Å²) in [7, 11) is 0. The summed E-state index contributed by atoms with van der Waals surface area (Å²) in [5.74, 6) is 0. The molecule has 0 aliphatic rings. The van der Waals surface area contributed by atoms with Crippen molar-refractivity contribution in [1.29, 1.82) is 5.26 Å². The van der Waals surface area contributed by atoms with Crippen LogP contribution in [0.15, 0.2) is 24.3 Å². The van der Waals surface area contributed by atoms with Gasteiger partial charge in [0.2, 0.25) is 0 Å². The highest BCUT2D eigenvalue weighted by Crippen LogP contribution is 2.15. The fraction of sp³-hybridized carbons (Fsp3) is 0.364. The Hall–Kier alpha value is -1.04. The van der Waals surface area contributed by atoms with E-state index in [9.17, 15) is 0 Å². The molecule has 1 atom stereocenters. The summed E-state index contributed by atoms with van der Waals surface area (Å²) in [6, 6.07) is 10.1. The second kappa shape index (κ2) is 5.64. The first-order valence-corrected chi connectivity index (χ1v) is 4.97. The van der Waals surface area contributed by atoms with Crippen LogP contribution < -0.4 is 5.32 Å². The molecule has 1 unspecified atom stereocenters. The van der Waals surface area contributed by atoms with E-state index in [1.807, 2.05) is 24.3 Å². The molecule has 0 aliphatic carbocycles. The van der Waals surface area contributed by atoms with Crippen molar-refractivity contribution in [2.24, 2.45) is 0 Å². The number of rotatable bonds is 4. The van der Waals surface area contributed by atoms with Crippen molar-refractivity contribution in [3.63, 3.8) is 0 Å². The molecule has 0 bridgehead atoms. The van der Waals surface area contributed by atoms with E-state index in [-0.39, 0.29) is 6.04 Å². The van der Waals surface area contributed by atoms with Gasteiger partial charge in [0.1, 0.15) is 0 Å². The van der Waals surface area contributed by atoms with E-state index in [0.717, 1.165) is 11.6 Å². The third-order valence-corrected chi connectivity index (χ3v) is 2.31. The van der Waals surface area contributed by atoms with Gasteiger partial charge in [-0.05, 0) is 24.6 Å². The van der Waals surface area contributed by atoms with Gasteiger partial charge in [-0.25, -0.2) is 0 Å². The molecular formula is C11H13ClN2. The Kier molecular flexibility index (Phi) is 4.45. The molecule has 74 valence electrons. The third-order valence-electron chi connectivity index (χ3n) is 2.06. The summed E-state index contributed by atoms with van der Waals surface area (Å²) in [5.41, 5.74) is 1.19. The topological polar surface area (TPSA) is 35.8 Å². The lowest BCUT2D eigenvalue weighted by Gasteiger charge is -2.12. The predicted molar refractivity (Wildman–Crippen MR) is 58.1 cm³/mol. The normalized spacial score (nSPS) is 12.1. The van der Waals surface area contributed by atoms with Crippen LogP contribution in [0.25, 0.3) is 0 Å². The highest BCUT2D eigenvalue weighted by atomic mass is 35.5. The quantitative estimate of drug-likeness (QED) is 0.773. The fourth-order valence-electron chi connectivity index (χ4n) is 1.21. The van der Waals surface area contributed by atoms with Crippen molar-refractivity contribution in [3.8, 4) is 6.07 Å². The minimum atomic E-state index is 0.264. The van der Waals surface area contributed by atoms with Crippen LogP contribution in [0.4, 0.5) is 0 Å². The Morgan fingerprint density at radius 1 is 1.43 bits per heavy atom. The fourth-order valence-corrected chi connectivity index (χ4v) is 1.34. The van der Waals surface area contributed by atoms with E-state index in [1.165, 1.54) is 5.56 Å². The van der Waals surface area contributed by atoms with Gasteiger partial charge in [-0.3, -0.25) is 0 Å². The number of benzene rings is 1. The van der Waals surface area contributed by atoms with Gasteiger partial charge >= 0.3 is 0 Å². The van der Waals surface area contributed by atoms with Crippen molar-refractivity contribution in [2.45, 2.75) is 19.4 Å². The zero-order valence-electron chi connectivity index (χ0n) is 8.13. The van der Waals surface area contributed by atoms with Crippen LogP contribution in [0.2, 0.25) is 5.02 Å². The van der Waals surface area contributed by atoms with Crippen molar-refractivity contribution < 1.29 is 0 Å². The van der Waals surface area contributed by atoms with Crippen LogP contribution in [0, 0.1) is 11.3 Å². The molecule has 0 heterocycles. The molecule has 0 aromatic heterocycles. The van der Waals surface area contributed by atoms with E-state index in [0.29, 0.717) is 6.42 Å². The Morgan fingerprint density at radius 3 is 2.64 bits per heavy atom. The van der Waals surface area contributed by atoms with Crippen LogP contribution in [-0.2, 0) is 0 Å². The Morgan fingerprint density at radius 2 is 2.07 bits per heavy atom. The maximum Gasteiger partial charge on any atom is 0.0635 e. The van der Waals surface area contributed by atoms with Crippen LogP contribution >= 0.6 is 11.6 Å². The van der Waals surface area contributed by atoms with Crippen molar-refractivity contribution in [3.05, 3.63) is 34.9 Å². The molecule has 2 nitrogen and oxygen atoms in total. The number of hydrogen-bond donors (Lipinski definition) is 1. The van der Waals surface area contributed by atoms with Crippen molar-refractivity contribution in [1.82, 2.24) is 5.32 Å². The van der Waals surface area contributed by atoms with Crippen LogP contribution in [0.1, 0.15) is 24.9 Å². The Balaban J connectivity index is 2.48. The second-order valence-corrected chi connectivity index (χ2v) is 3.57. The van der Waals surface area contributed by atoms with E-state index in [2.05, 4.69) is 18.3 Å².